The van der Waals surface area contributed by atoms with E-state index in [1.807, 2.05) is 0 Å². The summed E-state index contributed by atoms with van der Waals surface area (Å²) in [5.74, 6) is 0. The topological polar surface area (TPSA) is 21.8 Å². The Kier molecular flexibility index (Phi) is 8.40. The average Bonchev–Trinajstić information content (AvgIpc) is 2.54. The van der Waals surface area contributed by atoms with Crippen molar-refractivity contribution >= 4 is 23.2 Å². The lowest BCUT2D eigenvalue weighted by molar-refractivity contribution is 0.0990. The highest BCUT2D eigenvalue weighted by atomic mass is 35.5. The number of rotatable bonds is 3. The van der Waals surface area contributed by atoms with Crippen molar-refractivity contribution in [1.29, 1.82) is 0 Å². The van der Waals surface area contributed by atoms with Gasteiger partial charge in [0.05, 0.1) is 5.38 Å². The zero-order valence-electron chi connectivity index (χ0n) is 14.9. The van der Waals surface area contributed by atoms with Gasteiger partial charge in [0.1, 0.15) is 5.00 Å². The molecule has 2 bridgehead atoms. The van der Waals surface area contributed by atoms with Crippen LogP contribution in [0.2, 0.25) is 0 Å². The van der Waals surface area contributed by atoms with Crippen LogP contribution in [0.4, 0.5) is 0 Å². The quantitative estimate of drug-likeness (QED) is 0.612. The lowest BCUT2D eigenvalue weighted by Gasteiger charge is -2.44. The van der Waals surface area contributed by atoms with Gasteiger partial charge in [-0.3, -0.25) is 4.90 Å². The number of alkyl halides is 2. The monoisotopic (exact) mass is 364 g/mol. The van der Waals surface area contributed by atoms with E-state index in [2.05, 4.69) is 33.9 Å². The van der Waals surface area contributed by atoms with Crippen molar-refractivity contribution in [3.8, 4) is 0 Å². The van der Waals surface area contributed by atoms with Gasteiger partial charge < -0.3 is 15.1 Å². The second-order valence-electron chi connectivity index (χ2n) is 7.08. The fraction of sp³-hybridized carbons (Fsp3) is 1.00. The number of hydrogen-bond acceptors (Lipinski definition) is 4. The molecule has 2 fully saturated rings. The molecule has 2 saturated heterocycles. The highest BCUT2D eigenvalue weighted by Crippen LogP contribution is 2.30. The third kappa shape index (κ3) is 6.02. The number of hydrogen-bond donors (Lipinski definition) is 1. The summed E-state index contributed by atoms with van der Waals surface area (Å²) in [6.45, 7) is 14.9. The smallest absolute Gasteiger partial charge is 0.111 e. The van der Waals surface area contributed by atoms with Gasteiger partial charge >= 0.3 is 0 Å². The van der Waals surface area contributed by atoms with E-state index in [1.165, 1.54) is 25.8 Å². The number of nitrogens with one attached hydrogen (secondary N) is 1. The molecule has 136 valence electrons. The van der Waals surface area contributed by atoms with E-state index in [-0.39, 0.29) is 5.38 Å². The largest absolute Gasteiger partial charge is 0.315 e. The van der Waals surface area contributed by atoms with E-state index in [9.17, 15) is 0 Å². The summed E-state index contributed by atoms with van der Waals surface area (Å²) in [6, 6.07) is 0. The van der Waals surface area contributed by atoms with Crippen LogP contribution in [0, 0.1) is 0 Å². The standard InChI is InChI=1S/C17H34Cl2N4/c1-3-4-8-22-12-11-21-9-5-6-20-7-10-23(14-13-21)17(2,19)16(18)15-22/h16,20H,3-15H2,1-2H3. The van der Waals surface area contributed by atoms with Gasteiger partial charge in [-0.15, -0.1) is 23.2 Å². The van der Waals surface area contributed by atoms with Crippen LogP contribution in [-0.4, -0.2) is 90.5 Å². The summed E-state index contributed by atoms with van der Waals surface area (Å²) >= 11 is 13.7. The molecular weight excluding hydrogens is 331 g/mol. The molecule has 0 aromatic heterocycles. The lowest BCUT2D eigenvalue weighted by Crippen LogP contribution is -2.57. The number of nitrogens with zero attached hydrogens (tertiary/aromatic N) is 3. The van der Waals surface area contributed by atoms with Crippen molar-refractivity contribution in [1.82, 2.24) is 20.0 Å². The second kappa shape index (κ2) is 9.79. The molecule has 4 unspecified atom stereocenters. The van der Waals surface area contributed by atoms with E-state index in [4.69, 9.17) is 23.2 Å². The Hall–Kier alpha value is 0.420. The number of halogens is 2. The van der Waals surface area contributed by atoms with Crippen LogP contribution < -0.4 is 5.32 Å². The molecule has 2 aliphatic rings. The summed E-state index contributed by atoms with van der Waals surface area (Å²) in [4.78, 5) is 7.00. The molecule has 0 saturated carbocycles. The Balaban J connectivity index is 2.12. The Morgan fingerprint density at radius 3 is 2.65 bits per heavy atom. The molecule has 2 aliphatic heterocycles. The van der Waals surface area contributed by atoms with Gasteiger partial charge in [0.15, 0.2) is 0 Å². The van der Waals surface area contributed by atoms with E-state index in [1.54, 1.807) is 0 Å². The van der Waals surface area contributed by atoms with Gasteiger partial charge in [0.25, 0.3) is 0 Å². The molecule has 23 heavy (non-hydrogen) atoms. The molecule has 0 radical (unpaired) electrons. The molecule has 1 N–H and O–H groups in total. The summed E-state index contributed by atoms with van der Waals surface area (Å²) < 4.78 is 0. The first kappa shape index (κ1) is 19.7. The molecule has 2 heterocycles. The van der Waals surface area contributed by atoms with Crippen molar-refractivity contribution < 1.29 is 0 Å². The first-order chi connectivity index (χ1) is 11.0. The van der Waals surface area contributed by atoms with E-state index in [0.29, 0.717) is 0 Å². The maximum absolute atomic E-state index is 6.96. The molecule has 4 atom stereocenters. The maximum atomic E-state index is 6.96. The van der Waals surface area contributed by atoms with Crippen molar-refractivity contribution in [3.05, 3.63) is 0 Å². The summed E-state index contributed by atoms with van der Waals surface area (Å²) in [5.41, 5.74) is 0. The van der Waals surface area contributed by atoms with Crippen LogP contribution in [0.3, 0.4) is 0 Å². The Bertz CT molecular complexity index is 341. The minimum Gasteiger partial charge on any atom is -0.315 e. The van der Waals surface area contributed by atoms with Gasteiger partial charge in [-0.25, -0.2) is 0 Å². The molecule has 4 nitrogen and oxygen atoms in total. The molecule has 0 spiro atoms. The fourth-order valence-electron chi connectivity index (χ4n) is 3.46. The average molecular weight is 365 g/mol. The molecule has 2 rings (SSSR count). The summed E-state index contributed by atoms with van der Waals surface area (Å²) in [7, 11) is 0. The third-order valence-electron chi connectivity index (χ3n) is 5.24. The van der Waals surface area contributed by atoms with Gasteiger partial charge in [-0.2, -0.15) is 0 Å². The van der Waals surface area contributed by atoms with Crippen LogP contribution in [0.5, 0.6) is 0 Å². The molecule has 6 heteroatoms. The highest BCUT2D eigenvalue weighted by molar-refractivity contribution is 6.32. The minimum absolute atomic E-state index is 0.0597. The van der Waals surface area contributed by atoms with Crippen molar-refractivity contribution in [2.75, 3.05) is 65.4 Å². The van der Waals surface area contributed by atoms with Crippen LogP contribution >= 0.6 is 23.2 Å². The van der Waals surface area contributed by atoms with Crippen molar-refractivity contribution in [2.24, 2.45) is 0 Å². The molecule has 0 aromatic carbocycles. The molecule has 0 amide bonds. The number of fused-ring (bicyclic) bond motifs is 3. The Morgan fingerprint density at radius 2 is 1.87 bits per heavy atom. The van der Waals surface area contributed by atoms with Crippen molar-refractivity contribution in [3.63, 3.8) is 0 Å². The van der Waals surface area contributed by atoms with Crippen molar-refractivity contribution in [2.45, 2.75) is 43.5 Å². The molecular formula is C17H34Cl2N4. The molecule has 0 aliphatic carbocycles. The van der Waals surface area contributed by atoms with Crippen LogP contribution in [0.1, 0.15) is 33.1 Å². The minimum atomic E-state index is -0.490. The third-order valence-corrected chi connectivity index (χ3v) is 6.42. The van der Waals surface area contributed by atoms with Crippen LogP contribution in [-0.2, 0) is 0 Å². The maximum Gasteiger partial charge on any atom is 0.111 e. The fourth-order valence-corrected chi connectivity index (χ4v) is 4.03. The zero-order valence-corrected chi connectivity index (χ0v) is 16.4. The van der Waals surface area contributed by atoms with Gasteiger partial charge in [-0.05, 0) is 39.4 Å². The Morgan fingerprint density at radius 1 is 1.09 bits per heavy atom. The SMILES string of the molecule is CCCCN1CCN2CCCNCCN(CC2)C(C)(Cl)C(Cl)C1. The van der Waals surface area contributed by atoms with E-state index >= 15 is 0 Å². The second-order valence-corrected chi connectivity index (χ2v) is 8.37. The van der Waals surface area contributed by atoms with Gasteiger partial charge in [0, 0.05) is 45.8 Å². The zero-order chi connectivity index (χ0) is 16.7. The predicted octanol–water partition coefficient (Wildman–Crippen LogP) is 2.26. The van der Waals surface area contributed by atoms with E-state index in [0.717, 1.165) is 58.9 Å². The first-order valence-electron chi connectivity index (χ1n) is 9.27. The summed E-state index contributed by atoms with van der Waals surface area (Å²) in [5, 5.41) is 3.47. The van der Waals surface area contributed by atoms with Gasteiger partial charge in [-0.1, -0.05) is 13.3 Å². The number of unbranched alkanes of at least 4 members (excludes halogenated alkanes) is 1. The van der Waals surface area contributed by atoms with E-state index < -0.39 is 5.00 Å². The summed E-state index contributed by atoms with van der Waals surface area (Å²) in [6.07, 6.45) is 3.69. The van der Waals surface area contributed by atoms with Crippen LogP contribution in [0.25, 0.3) is 0 Å². The predicted molar refractivity (Wildman–Crippen MR) is 101 cm³/mol. The highest BCUT2D eigenvalue weighted by Gasteiger charge is 2.38. The first-order valence-corrected chi connectivity index (χ1v) is 10.1. The molecule has 0 aromatic rings. The Labute approximate surface area is 152 Å². The lowest BCUT2D eigenvalue weighted by atomic mass is 10.1. The van der Waals surface area contributed by atoms with Crippen LogP contribution in [0.15, 0.2) is 0 Å². The normalized spacial score (nSPS) is 38.3. The van der Waals surface area contributed by atoms with Gasteiger partial charge in [0.2, 0.25) is 0 Å².